The highest BCUT2D eigenvalue weighted by molar-refractivity contribution is 6.37. The number of alkyl halides is 3. The van der Waals surface area contributed by atoms with Crippen molar-refractivity contribution in [1.29, 1.82) is 0 Å². The summed E-state index contributed by atoms with van der Waals surface area (Å²) in [7, 11) is 1.10. The number of ether oxygens (including phenoxy) is 2. The highest BCUT2D eigenvalue weighted by Gasteiger charge is 2.48. The third kappa shape index (κ3) is 3.61. The van der Waals surface area contributed by atoms with Crippen LogP contribution in [0.25, 0.3) is 5.69 Å². The molecule has 0 unspecified atom stereocenters. The van der Waals surface area contributed by atoms with Gasteiger partial charge in [-0.05, 0) is 37.4 Å². The van der Waals surface area contributed by atoms with Gasteiger partial charge in [0.2, 0.25) is 0 Å². The van der Waals surface area contributed by atoms with Crippen molar-refractivity contribution in [3.05, 3.63) is 75.6 Å². The van der Waals surface area contributed by atoms with Gasteiger partial charge >= 0.3 is 6.18 Å². The standard InChI is InChI=1S/C25H20ClF3N2O4/c1-34-19-12-14(6-7-15(19)25(27,28)29)22(33)20-21(26)17(13-32)31-16-4-2-3-5-18(16)35-24(23(20)31)8-10-30-11-9-24/h2-7,12-13,30H,8-11H2,1H3. The minimum Gasteiger partial charge on any atom is -0.496 e. The Morgan fingerprint density at radius 2 is 1.91 bits per heavy atom. The molecule has 0 saturated carbocycles. The predicted molar refractivity (Wildman–Crippen MR) is 122 cm³/mol. The highest BCUT2D eigenvalue weighted by Crippen LogP contribution is 2.49. The van der Waals surface area contributed by atoms with Gasteiger partial charge in [-0.3, -0.25) is 9.59 Å². The van der Waals surface area contributed by atoms with Gasteiger partial charge in [0.25, 0.3) is 0 Å². The number of nitrogens with zero attached hydrogens (tertiary/aromatic N) is 1. The Bertz CT molecular complexity index is 1340. The average molecular weight is 505 g/mol. The zero-order valence-electron chi connectivity index (χ0n) is 18.5. The van der Waals surface area contributed by atoms with E-state index in [1.165, 1.54) is 0 Å². The fraction of sp³-hybridized carbons (Fsp3) is 0.280. The Kier molecular flexibility index (Phi) is 5.64. The summed E-state index contributed by atoms with van der Waals surface area (Å²) in [5.41, 5.74) is -0.906. The molecule has 0 amide bonds. The third-order valence-corrected chi connectivity index (χ3v) is 6.89. The van der Waals surface area contributed by atoms with Gasteiger partial charge in [0, 0.05) is 18.4 Å². The number of nitrogens with one attached hydrogen (secondary N) is 1. The number of carbonyl (C=O) groups is 2. The zero-order chi connectivity index (χ0) is 25.0. The first kappa shape index (κ1) is 23.4. The van der Waals surface area contributed by atoms with Gasteiger partial charge in [0.15, 0.2) is 17.7 Å². The second kappa shape index (κ2) is 8.42. The van der Waals surface area contributed by atoms with Crippen molar-refractivity contribution in [1.82, 2.24) is 9.88 Å². The summed E-state index contributed by atoms with van der Waals surface area (Å²) in [5.74, 6) is -0.562. The topological polar surface area (TPSA) is 69.6 Å². The molecule has 6 nitrogen and oxygen atoms in total. The first-order valence-electron chi connectivity index (χ1n) is 10.9. The number of rotatable bonds is 4. The molecule has 0 radical (unpaired) electrons. The van der Waals surface area contributed by atoms with E-state index in [0.29, 0.717) is 49.3 Å². The molecule has 3 aromatic rings. The first-order chi connectivity index (χ1) is 16.7. The van der Waals surface area contributed by atoms with E-state index in [4.69, 9.17) is 21.1 Å². The van der Waals surface area contributed by atoms with Crippen molar-refractivity contribution < 1.29 is 32.2 Å². The highest BCUT2D eigenvalue weighted by atomic mass is 35.5. The Hall–Kier alpha value is -3.30. The van der Waals surface area contributed by atoms with Gasteiger partial charge < -0.3 is 19.4 Å². The Labute approximate surface area is 203 Å². The van der Waals surface area contributed by atoms with E-state index in [9.17, 15) is 22.8 Å². The van der Waals surface area contributed by atoms with Gasteiger partial charge in [0.1, 0.15) is 17.2 Å². The fourth-order valence-corrected chi connectivity index (χ4v) is 5.23. The summed E-state index contributed by atoms with van der Waals surface area (Å²) in [5, 5.41) is 3.19. The monoisotopic (exact) mass is 504 g/mol. The maximum Gasteiger partial charge on any atom is 0.419 e. The SMILES string of the molecule is COc1cc(C(=O)c2c(Cl)c(C=O)n3c2C2(CCNCC2)Oc2ccccc2-3)ccc1C(F)(F)F. The molecule has 2 aromatic carbocycles. The molecule has 3 heterocycles. The normalized spacial score (nSPS) is 16.3. The zero-order valence-corrected chi connectivity index (χ0v) is 19.3. The van der Waals surface area contributed by atoms with E-state index in [-0.39, 0.29) is 21.8 Å². The van der Waals surface area contributed by atoms with Crippen LogP contribution in [0, 0.1) is 0 Å². The number of halogens is 4. The van der Waals surface area contributed by atoms with Crippen LogP contribution in [0.3, 0.4) is 0 Å². The van der Waals surface area contributed by atoms with Crippen molar-refractivity contribution in [2.24, 2.45) is 0 Å². The van der Waals surface area contributed by atoms with Crippen molar-refractivity contribution in [2.45, 2.75) is 24.6 Å². The summed E-state index contributed by atoms with van der Waals surface area (Å²) < 4.78 is 53.1. The molecule has 0 bridgehead atoms. The lowest BCUT2D eigenvalue weighted by molar-refractivity contribution is -0.138. The molecule has 10 heteroatoms. The smallest absolute Gasteiger partial charge is 0.419 e. The number of para-hydroxylation sites is 2. The summed E-state index contributed by atoms with van der Waals surface area (Å²) in [6.45, 7) is 1.20. The van der Waals surface area contributed by atoms with Crippen molar-refractivity contribution in [3.8, 4) is 17.2 Å². The van der Waals surface area contributed by atoms with E-state index < -0.39 is 28.9 Å². The quantitative estimate of drug-likeness (QED) is 0.392. The average Bonchev–Trinajstić information content (AvgIpc) is 3.16. The van der Waals surface area contributed by atoms with Crippen LogP contribution in [-0.4, -0.2) is 36.8 Å². The molecule has 182 valence electrons. The summed E-state index contributed by atoms with van der Waals surface area (Å²) in [4.78, 5) is 26.0. The molecule has 0 atom stereocenters. The molecule has 0 aliphatic carbocycles. The van der Waals surface area contributed by atoms with Crippen LogP contribution < -0.4 is 14.8 Å². The molecule has 35 heavy (non-hydrogen) atoms. The second-order valence-electron chi connectivity index (χ2n) is 8.43. The molecule has 1 spiro atoms. The maximum atomic E-state index is 13.8. The number of carbonyl (C=O) groups excluding carboxylic acids is 2. The van der Waals surface area contributed by atoms with Gasteiger partial charge in [-0.25, -0.2) is 0 Å². The van der Waals surface area contributed by atoms with Crippen LogP contribution in [0.4, 0.5) is 13.2 Å². The molecule has 2 aliphatic rings. The maximum absolute atomic E-state index is 13.8. The lowest BCUT2D eigenvalue weighted by Crippen LogP contribution is -2.47. The van der Waals surface area contributed by atoms with Gasteiger partial charge in [-0.15, -0.1) is 0 Å². The fourth-order valence-electron chi connectivity index (χ4n) is 4.92. The Balaban J connectivity index is 1.76. The lowest BCUT2D eigenvalue weighted by atomic mass is 9.83. The number of fused-ring (bicyclic) bond motifs is 4. The number of aldehydes is 1. The number of aromatic nitrogens is 1. The minimum atomic E-state index is -4.65. The summed E-state index contributed by atoms with van der Waals surface area (Å²) in [6, 6.07) is 10.1. The number of hydrogen-bond acceptors (Lipinski definition) is 5. The lowest BCUT2D eigenvalue weighted by Gasteiger charge is -2.43. The second-order valence-corrected chi connectivity index (χ2v) is 8.81. The largest absolute Gasteiger partial charge is 0.496 e. The number of benzene rings is 2. The molecular formula is C25H20ClF3N2O4. The molecule has 1 N–H and O–H groups in total. The number of hydrogen-bond donors (Lipinski definition) is 1. The summed E-state index contributed by atoms with van der Waals surface area (Å²) >= 11 is 6.66. The van der Waals surface area contributed by atoms with Crippen LogP contribution in [0.5, 0.6) is 11.5 Å². The Morgan fingerprint density at radius 1 is 1.20 bits per heavy atom. The molecule has 1 fully saturated rings. The van der Waals surface area contributed by atoms with Crippen molar-refractivity contribution >= 4 is 23.7 Å². The van der Waals surface area contributed by atoms with E-state index in [0.717, 1.165) is 25.3 Å². The Morgan fingerprint density at radius 3 is 2.57 bits per heavy atom. The predicted octanol–water partition coefficient (Wildman–Crippen LogP) is 5.17. The van der Waals surface area contributed by atoms with Gasteiger partial charge in [0.05, 0.1) is 34.6 Å². The van der Waals surface area contributed by atoms with Crippen LogP contribution in [0.2, 0.25) is 5.02 Å². The molecule has 1 saturated heterocycles. The van der Waals surface area contributed by atoms with Crippen LogP contribution >= 0.6 is 11.6 Å². The number of piperidine rings is 1. The molecular weight excluding hydrogens is 485 g/mol. The third-order valence-electron chi connectivity index (χ3n) is 6.51. The van der Waals surface area contributed by atoms with Crippen LogP contribution in [0.1, 0.15) is 50.5 Å². The van der Waals surface area contributed by atoms with Crippen LogP contribution in [0.15, 0.2) is 42.5 Å². The first-order valence-corrected chi connectivity index (χ1v) is 11.3. The van der Waals surface area contributed by atoms with Gasteiger partial charge in [-0.1, -0.05) is 29.8 Å². The van der Waals surface area contributed by atoms with Crippen molar-refractivity contribution in [3.63, 3.8) is 0 Å². The van der Waals surface area contributed by atoms with Crippen molar-refractivity contribution in [2.75, 3.05) is 20.2 Å². The number of ketones is 1. The molecule has 2 aliphatic heterocycles. The van der Waals surface area contributed by atoms with Gasteiger partial charge in [-0.2, -0.15) is 13.2 Å². The summed E-state index contributed by atoms with van der Waals surface area (Å²) in [6.07, 6.45) is -3.08. The van der Waals surface area contributed by atoms with E-state index in [1.54, 1.807) is 22.8 Å². The number of methoxy groups -OCH3 is 1. The van der Waals surface area contributed by atoms with E-state index >= 15 is 0 Å². The van der Waals surface area contributed by atoms with E-state index in [1.807, 2.05) is 6.07 Å². The molecule has 5 rings (SSSR count). The minimum absolute atomic E-state index is 0.0342. The van der Waals surface area contributed by atoms with E-state index in [2.05, 4.69) is 5.32 Å². The van der Waals surface area contributed by atoms with Crippen LogP contribution in [-0.2, 0) is 11.8 Å². The molecule has 1 aromatic heterocycles.